The Kier molecular flexibility index (Phi) is 3.42. The van der Waals surface area contributed by atoms with Crippen molar-refractivity contribution in [1.82, 2.24) is 10.3 Å². The molecule has 1 amide bonds. The van der Waals surface area contributed by atoms with Gasteiger partial charge in [0.2, 0.25) is 5.91 Å². The number of carbonyl (C=O) groups is 1. The molecule has 1 unspecified atom stereocenters. The van der Waals surface area contributed by atoms with Crippen LogP contribution in [0.3, 0.4) is 0 Å². The van der Waals surface area contributed by atoms with Crippen LogP contribution < -0.4 is 21.3 Å². The maximum atomic E-state index is 11.7. The minimum Gasteiger partial charge on any atom is -0.359 e. The maximum absolute atomic E-state index is 11.7. The molecule has 0 aliphatic carbocycles. The van der Waals surface area contributed by atoms with Gasteiger partial charge in [0.25, 0.3) is 0 Å². The van der Waals surface area contributed by atoms with Gasteiger partial charge in [-0.05, 0) is 12.1 Å². The molecule has 0 radical (unpaired) electrons. The van der Waals surface area contributed by atoms with Crippen LogP contribution in [-0.2, 0) is 4.79 Å². The Morgan fingerprint density at radius 2 is 2.39 bits per heavy atom. The van der Waals surface area contributed by atoms with Gasteiger partial charge >= 0.3 is 0 Å². The van der Waals surface area contributed by atoms with Crippen molar-refractivity contribution >= 4 is 23.4 Å². The predicted molar refractivity (Wildman–Crippen MR) is 69.6 cm³/mol. The Bertz CT molecular complexity index is 457. The van der Waals surface area contributed by atoms with Gasteiger partial charge in [0, 0.05) is 26.1 Å². The van der Waals surface area contributed by atoms with E-state index in [0.717, 1.165) is 5.69 Å². The van der Waals surface area contributed by atoms with Crippen molar-refractivity contribution in [3.63, 3.8) is 0 Å². The van der Waals surface area contributed by atoms with Crippen LogP contribution in [0.5, 0.6) is 0 Å². The number of rotatable bonds is 2. The van der Waals surface area contributed by atoms with Gasteiger partial charge in [-0.15, -0.1) is 0 Å². The monoisotopic (exact) mass is 248 g/mol. The van der Waals surface area contributed by atoms with Crippen LogP contribution in [0.15, 0.2) is 18.3 Å². The van der Waals surface area contributed by atoms with Crippen molar-refractivity contribution in [1.29, 1.82) is 5.41 Å². The Hall–Kier alpha value is -2.15. The molecule has 0 saturated carbocycles. The Morgan fingerprint density at radius 3 is 2.89 bits per heavy atom. The van der Waals surface area contributed by atoms with Gasteiger partial charge in [0.1, 0.15) is 5.82 Å². The van der Waals surface area contributed by atoms with Crippen LogP contribution in [0.1, 0.15) is 6.42 Å². The molecule has 7 nitrogen and oxygen atoms in total. The molecule has 1 aliphatic heterocycles. The number of anilines is 2. The van der Waals surface area contributed by atoms with Crippen molar-refractivity contribution in [2.75, 3.05) is 23.8 Å². The fourth-order valence-electron chi connectivity index (χ4n) is 1.79. The van der Waals surface area contributed by atoms with E-state index in [1.165, 1.54) is 0 Å². The predicted octanol–water partition coefficient (Wildman–Crippen LogP) is -0.288. The zero-order valence-corrected chi connectivity index (χ0v) is 10.1. The van der Waals surface area contributed by atoms with Crippen LogP contribution in [0, 0.1) is 5.41 Å². The van der Waals surface area contributed by atoms with Crippen LogP contribution in [0.25, 0.3) is 0 Å². The van der Waals surface area contributed by atoms with Crippen molar-refractivity contribution < 1.29 is 4.79 Å². The molecule has 0 spiro atoms. The fraction of sp³-hybridized carbons (Fsp3) is 0.364. The first-order valence-corrected chi connectivity index (χ1v) is 5.65. The van der Waals surface area contributed by atoms with E-state index in [2.05, 4.69) is 15.6 Å². The molecule has 18 heavy (non-hydrogen) atoms. The summed E-state index contributed by atoms with van der Waals surface area (Å²) in [5, 5.41) is 12.8. The molecule has 1 atom stereocenters. The van der Waals surface area contributed by atoms with E-state index in [0.29, 0.717) is 18.8 Å². The van der Waals surface area contributed by atoms with Gasteiger partial charge in [-0.25, -0.2) is 4.98 Å². The Labute approximate surface area is 105 Å². The minimum atomic E-state index is -0.104. The number of hydrogen-bond acceptors (Lipinski definition) is 4. The third-order valence-electron chi connectivity index (χ3n) is 2.72. The second-order valence-electron chi connectivity index (χ2n) is 4.12. The number of carbonyl (C=O) groups excluding carboxylic acids is 1. The number of hydrogen-bond donors (Lipinski definition) is 4. The van der Waals surface area contributed by atoms with Gasteiger partial charge in [-0.2, -0.15) is 0 Å². The van der Waals surface area contributed by atoms with Gasteiger partial charge in [0.05, 0.1) is 11.9 Å². The summed E-state index contributed by atoms with van der Waals surface area (Å²) in [6.45, 7) is 0.527. The van der Waals surface area contributed by atoms with Crippen molar-refractivity contribution in [2.45, 2.75) is 12.5 Å². The highest BCUT2D eigenvalue weighted by Gasteiger charge is 2.28. The van der Waals surface area contributed by atoms with E-state index in [1.54, 1.807) is 30.3 Å². The van der Waals surface area contributed by atoms with Crippen LogP contribution in [-0.4, -0.2) is 36.5 Å². The zero-order valence-electron chi connectivity index (χ0n) is 10.1. The number of nitrogens with one attached hydrogen (secondary N) is 3. The van der Waals surface area contributed by atoms with E-state index in [4.69, 9.17) is 11.1 Å². The Morgan fingerprint density at radius 1 is 1.61 bits per heavy atom. The quantitative estimate of drug-likeness (QED) is 0.425. The summed E-state index contributed by atoms with van der Waals surface area (Å²) in [4.78, 5) is 17.4. The zero-order chi connectivity index (χ0) is 13.1. The third-order valence-corrected chi connectivity index (χ3v) is 2.72. The van der Waals surface area contributed by atoms with E-state index < -0.39 is 0 Å². The lowest BCUT2D eigenvalue weighted by molar-refractivity contribution is -0.117. The number of pyridine rings is 1. The maximum Gasteiger partial charge on any atom is 0.228 e. The molecule has 0 aromatic carbocycles. The normalized spacial score (nSPS) is 18.9. The molecule has 1 saturated heterocycles. The largest absolute Gasteiger partial charge is 0.359 e. The van der Waals surface area contributed by atoms with E-state index in [9.17, 15) is 4.79 Å². The summed E-state index contributed by atoms with van der Waals surface area (Å²) < 4.78 is 0. The summed E-state index contributed by atoms with van der Waals surface area (Å²) in [6.07, 6.45) is 1.98. The standard InChI is InChI=1S/C11H16N6O/c1-14-11(13)16-9-3-2-8(5-15-9)17-6-7(12)4-10(17)18/h2-3,5,7H,4,6,12H2,1H3,(H3,13,14,15,16). The highest BCUT2D eigenvalue weighted by atomic mass is 16.2. The topological polar surface area (TPSA) is 107 Å². The van der Waals surface area contributed by atoms with Crippen LogP contribution in [0.2, 0.25) is 0 Å². The van der Waals surface area contributed by atoms with Crippen LogP contribution in [0.4, 0.5) is 11.5 Å². The van der Waals surface area contributed by atoms with Crippen LogP contribution >= 0.6 is 0 Å². The number of amides is 1. The lowest BCUT2D eigenvalue weighted by Gasteiger charge is -2.16. The molecule has 96 valence electrons. The highest BCUT2D eigenvalue weighted by molar-refractivity contribution is 5.96. The summed E-state index contributed by atoms with van der Waals surface area (Å²) in [7, 11) is 1.65. The van der Waals surface area contributed by atoms with E-state index >= 15 is 0 Å². The summed E-state index contributed by atoms with van der Waals surface area (Å²) in [5.41, 5.74) is 6.47. The lowest BCUT2D eigenvalue weighted by Crippen LogP contribution is -2.28. The molecule has 0 bridgehead atoms. The first-order valence-electron chi connectivity index (χ1n) is 5.65. The summed E-state index contributed by atoms with van der Waals surface area (Å²) >= 11 is 0. The molecule has 5 N–H and O–H groups in total. The van der Waals surface area contributed by atoms with Gasteiger partial charge in [0.15, 0.2) is 5.96 Å². The molecular weight excluding hydrogens is 232 g/mol. The highest BCUT2D eigenvalue weighted by Crippen LogP contribution is 2.20. The number of aromatic nitrogens is 1. The molecule has 2 rings (SSSR count). The summed E-state index contributed by atoms with van der Waals surface area (Å²) in [6, 6.07) is 3.40. The van der Waals surface area contributed by atoms with Gasteiger partial charge in [-0.1, -0.05) is 0 Å². The smallest absolute Gasteiger partial charge is 0.228 e. The van der Waals surface area contributed by atoms with E-state index in [-0.39, 0.29) is 17.9 Å². The summed E-state index contributed by atoms with van der Waals surface area (Å²) in [5.74, 6) is 0.733. The average molecular weight is 248 g/mol. The molecule has 1 fully saturated rings. The fourth-order valence-corrected chi connectivity index (χ4v) is 1.79. The van der Waals surface area contributed by atoms with E-state index in [1.807, 2.05) is 0 Å². The molecular formula is C11H16N6O. The van der Waals surface area contributed by atoms with Gasteiger partial charge < -0.3 is 21.3 Å². The lowest BCUT2D eigenvalue weighted by atomic mass is 10.3. The minimum absolute atomic E-state index is 0.0213. The number of nitrogens with two attached hydrogens (primary N) is 1. The molecule has 1 aromatic rings. The second kappa shape index (κ2) is 5.01. The molecule has 1 aromatic heterocycles. The first-order chi connectivity index (χ1) is 8.60. The number of nitrogens with zero attached hydrogens (tertiary/aromatic N) is 2. The first kappa shape index (κ1) is 12.3. The Balaban J connectivity index is 2.08. The SMILES string of the molecule is CNC(=N)Nc1ccc(N2CC(N)CC2=O)cn1. The van der Waals surface area contributed by atoms with Crippen molar-refractivity contribution in [2.24, 2.45) is 5.73 Å². The van der Waals surface area contributed by atoms with Gasteiger partial charge in [-0.3, -0.25) is 10.2 Å². The average Bonchev–Trinajstić information content (AvgIpc) is 2.69. The molecule has 7 heteroatoms. The number of guanidine groups is 1. The molecule has 1 aliphatic rings. The van der Waals surface area contributed by atoms with Crippen molar-refractivity contribution in [3.8, 4) is 0 Å². The van der Waals surface area contributed by atoms with Crippen molar-refractivity contribution in [3.05, 3.63) is 18.3 Å². The second-order valence-corrected chi connectivity index (χ2v) is 4.12. The molecule has 2 heterocycles. The third kappa shape index (κ3) is 2.57.